The van der Waals surface area contributed by atoms with Crippen LogP contribution in [0.2, 0.25) is 0 Å². The predicted molar refractivity (Wildman–Crippen MR) is 176 cm³/mol. The molecule has 3 rings (SSSR count). The number of aliphatic hydroxyl groups excluding tert-OH is 2. The Balaban J connectivity index is 1.74. The summed E-state index contributed by atoms with van der Waals surface area (Å²) in [6, 6.07) is 6.80. The van der Waals surface area contributed by atoms with Crippen LogP contribution in [0.25, 0.3) is 0 Å². The maximum atomic E-state index is 11.4. The summed E-state index contributed by atoms with van der Waals surface area (Å²) >= 11 is 0. The first-order valence-electron chi connectivity index (χ1n) is 15.5. The molecule has 1 aromatic rings. The monoisotopic (exact) mass is 605 g/mol. The van der Waals surface area contributed by atoms with Crippen molar-refractivity contribution in [1.29, 1.82) is 0 Å². The summed E-state index contributed by atoms with van der Waals surface area (Å²) < 4.78 is 0. The zero-order valence-electron chi connectivity index (χ0n) is 26.8. The molecule has 0 bridgehead atoms. The zero-order chi connectivity index (χ0) is 32.8. The van der Waals surface area contributed by atoms with Crippen molar-refractivity contribution < 1.29 is 30.3 Å². The molecule has 0 radical (unpaired) electrons. The van der Waals surface area contributed by atoms with Crippen LogP contribution in [0.3, 0.4) is 0 Å². The lowest BCUT2D eigenvalue weighted by atomic mass is 9.58. The quantitative estimate of drug-likeness (QED) is 0.0974. The van der Waals surface area contributed by atoms with E-state index >= 15 is 0 Å². The second-order valence-corrected chi connectivity index (χ2v) is 13.6. The van der Waals surface area contributed by atoms with Crippen molar-refractivity contribution in [3.05, 3.63) is 102 Å². The topological polar surface area (TPSA) is 144 Å². The standard InChI is InChI=1S/C37H51NO6/c1-23(14-20-32(42)43)13-19-31(41)25(3)30(40)12-10-8-7-9-11-28-24(2)21-29-34(36(4,5)22-37(29,6)44)33(28)35(38)26-15-17-27(39)18-16-26/h7-18,20-21,25,28-31,33-35,39-41,44H,19,22,38H2,1-6H3,(H,42,43)/t25-,28-,29+,30-,31-,33-,34-,35+,37+/m0/s1. The molecule has 7 N–H and O–H groups in total. The first-order chi connectivity index (χ1) is 20.5. The molecular weight excluding hydrogens is 554 g/mol. The fourth-order valence-electron chi connectivity index (χ4n) is 7.33. The van der Waals surface area contributed by atoms with Crippen molar-refractivity contribution in [3.8, 4) is 5.75 Å². The summed E-state index contributed by atoms with van der Waals surface area (Å²) in [5.74, 6) is -1.03. The van der Waals surface area contributed by atoms with Gasteiger partial charge in [0.15, 0.2) is 0 Å². The first kappa shape index (κ1) is 35.3. The maximum absolute atomic E-state index is 11.4. The molecule has 1 saturated carbocycles. The zero-order valence-corrected chi connectivity index (χ0v) is 26.8. The Morgan fingerprint density at radius 2 is 1.70 bits per heavy atom. The number of carboxylic acid groups (broad SMARTS) is 1. The Kier molecular flexibility index (Phi) is 11.8. The second kappa shape index (κ2) is 14.7. The van der Waals surface area contributed by atoms with Gasteiger partial charge >= 0.3 is 5.97 Å². The third kappa shape index (κ3) is 8.69. The lowest BCUT2D eigenvalue weighted by Crippen LogP contribution is -2.45. The van der Waals surface area contributed by atoms with Crippen LogP contribution in [0.1, 0.15) is 66.0 Å². The number of phenols is 1. The van der Waals surface area contributed by atoms with Crippen molar-refractivity contribution in [1.82, 2.24) is 0 Å². The van der Waals surface area contributed by atoms with E-state index in [2.05, 4.69) is 32.9 Å². The molecule has 44 heavy (non-hydrogen) atoms. The van der Waals surface area contributed by atoms with E-state index in [-0.39, 0.29) is 40.9 Å². The van der Waals surface area contributed by atoms with Gasteiger partial charge in [0.25, 0.3) is 0 Å². The molecule has 0 saturated heterocycles. The fourth-order valence-corrected chi connectivity index (χ4v) is 7.33. The van der Waals surface area contributed by atoms with E-state index in [9.17, 15) is 25.2 Å². The number of carbonyl (C=O) groups is 1. The predicted octanol–water partition coefficient (Wildman–Crippen LogP) is 6.00. The smallest absolute Gasteiger partial charge is 0.328 e. The Morgan fingerprint density at radius 1 is 1.07 bits per heavy atom. The molecule has 0 heterocycles. The first-order valence-corrected chi connectivity index (χ1v) is 15.5. The van der Waals surface area contributed by atoms with Gasteiger partial charge in [0, 0.05) is 29.9 Å². The molecule has 7 nitrogen and oxygen atoms in total. The van der Waals surface area contributed by atoms with Crippen LogP contribution in [0.5, 0.6) is 5.75 Å². The molecule has 240 valence electrons. The Morgan fingerprint density at radius 3 is 2.34 bits per heavy atom. The van der Waals surface area contributed by atoms with Gasteiger partial charge in [0.1, 0.15) is 5.75 Å². The van der Waals surface area contributed by atoms with E-state index in [1.165, 1.54) is 11.6 Å². The van der Waals surface area contributed by atoms with Crippen LogP contribution >= 0.6 is 0 Å². The minimum atomic E-state index is -1.03. The third-order valence-electron chi connectivity index (χ3n) is 9.59. The molecule has 7 heteroatoms. The van der Waals surface area contributed by atoms with Gasteiger partial charge in [-0.05, 0) is 68.6 Å². The summed E-state index contributed by atoms with van der Waals surface area (Å²) in [7, 11) is 0. The number of carboxylic acids is 1. The third-order valence-corrected chi connectivity index (χ3v) is 9.59. The highest BCUT2D eigenvalue weighted by Crippen LogP contribution is 2.61. The lowest BCUT2D eigenvalue weighted by molar-refractivity contribution is -0.131. The highest BCUT2D eigenvalue weighted by atomic mass is 16.4. The van der Waals surface area contributed by atoms with Gasteiger partial charge in [0.2, 0.25) is 0 Å². The van der Waals surface area contributed by atoms with Crippen LogP contribution in [-0.4, -0.2) is 49.3 Å². The average Bonchev–Trinajstić information content (AvgIpc) is 3.14. The number of fused-ring (bicyclic) bond motifs is 1. The molecule has 0 unspecified atom stereocenters. The fraction of sp³-hybridized carbons (Fsp3) is 0.486. The number of hydrogen-bond donors (Lipinski definition) is 6. The SMILES string of the molecule is CC(C=CC(=O)O)=CC[C@H](O)[C@@H](C)[C@@H](O)C=CC=CC=C[C@H]1C(C)=C[C@@H]2[C@@H]([C@H]1[C@H](N)c1ccc(O)cc1)C(C)(C)C[C@@]2(C)O. The highest BCUT2D eigenvalue weighted by molar-refractivity contribution is 5.80. The summed E-state index contributed by atoms with van der Waals surface area (Å²) in [5, 5.41) is 51.0. The molecule has 1 fully saturated rings. The molecule has 0 spiro atoms. The van der Waals surface area contributed by atoms with Gasteiger partial charge in [-0.3, -0.25) is 0 Å². The maximum Gasteiger partial charge on any atom is 0.328 e. The number of phenolic OH excluding ortho intramolecular Hbond substituents is 1. The van der Waals surface area contributed by atoms with E-state index < -0.39 is 29.7 Å². The van der Waals surface area contributed by atoms with Gasteiger partial charge in [0.05, 0.1) is 17.8 Å². The van der Waals surface area contributed by atoms with Crippen molar-refractivity contribution in [2.45, 2.75) is 78.2 Å². The normalized spacial score (nSPS) is 30.1. The summed E-state index contributed by atoms with van der Waals surface area (Å²) in [6.07, 6.45) is 17.2. The van der Waals surface area contributed by atoms with Crippen LogP contribution in [0, 0.1) is 35.0 Å². The van der Waals surface area contributed by atoms with Gasteiger partial charge in [-0.1, -0.05) is 98.7 Å². The van der Waals surface area contributed by atoms with E-state index in [1.807, 2.05) is 37.3 Å². The number of hydrogen-bond acceptors (Lipinski definition) is 6. The number of benzene rings is 1. The van der Waals surface area contributed by atoms with Gasteiger partial charge in [-0.15, -0.1) is 0 Å². The van der Waals surface area contributed by atoms with Crippen molar-refractivity contribution in [3.63, 3.8) is 0 Å². The number of aliphatic carboxylic acids is 1. The van der Waals surface area contributed by atoms with Crippen LogP contribution < -0.4 is 5.73 Å². The Labute approximate surface area is 262 Å². The number of nitrogens with two attached hydrogens (primary N) is 1. The molecular formula is C37H51NO6. The highest BCUT2D eigenvalue weighted by Gasteiger charge is 2.59. The van der Waals surface area contributed by atoms with Crippen molar-refractivity contribution >= 4 is 5.97 Å². The summed E-state index contributed by atoms with van der Waals surface area (Å²) in [5.41, 5.74) is 8.91. The largest absolute Gasteiger partial charge is 0.508 e. The number of aromatic hydroxyl groups is 1. The number of aliphatic hydroxyl groups is 3. The molecule has 2 aliphatic rings. The number of rotatable bonds is 12. The van der Waals surface area contributed by atoms with Gasteiger partial charge in [-0.25, -0.2) is 4.79 Å². The minimum absolute atomic E-state index is 0.00627. The summed E-state index contributed by atoms with van der Waals surface area (Å²) in [4.78, 5) is 10.7. The van der Waals surface area contributed by atoms with Crippen LogP contribution in [0.15, 0.2) is 96.2 Å². The van der Waals surface area contributed by atoms with Gasteiger partial charge < -0.3 is 31.3 Å². The molecule has 0 aromatic heterocycles. The second-order valence-electron chi connectivity index (χ2n) is 13.6. The van der Waals surface area contributed by atoms with E-state index in [1.54, 1.807) is 44.2 Å². The number of allylic oxidation sites excluding steroid dienone is 8. The molecule has 9 atom stereocenters. The summed E-state index contributed by atoms with van der Waals surface area (Å²) in [6.45, 7) is 12.0. The van der Waals surface area contributed by atoms with Crippen molar-refractivity contribution in [2.75, 3.05) is 0 Å². The van der Waals surface area contributed by atoms with E-state index in [0.717, 1.165) is 17.2 Å². The molecule has 0 amide bonds. The molecule has 0 aliphatic heterocycles. The van der Waals surface area contributed by atoms with Crippen LogP contribution in [-0.2, 0) is 4.79 Å². The van der Waals surface area contributed by atoms with Gasteiger partial charge in [-0.2, -0.15) is 0 Å². The Bertz CT molecular complexity index is 1320. The van der Waals surface area contributed by atoms with E-state index in [0.29, 0.717) is 12.8 Å². The molecule has 1 aromatic carbocycles. The minimum Gasteiger partial charge on any atom is -0.508 e. The van der Waals surface area contributed by atoms with Crippen LogP contribution in [0.4, 0.5) is 0 Å². The molecule has 2 aliphatic carbocycles. The van der Waals surface area contributed by atoms with Crippen molar-refractivity contribution in [2.24, 2.45) is 40.7 Å². The average molecular weight is 606 g/mol. The lowest BCUT2D eigenvalue weighted by Gasteiger charge is -2.47. The van der Waals surface area contributed by atoms with E-state index in [4.69, 9.17) is 10.8 Å². The Hall–Kier alpha value is -3.23.